The topological polar surface area (TPSA) is 21.3 Å². The Balaban J connectivity index is 2.44. The summed E-state index contributed by atoms with van der Waals surface area (Å²) in [6.45, 7) is 14.8. The summed E-state index contributed by atoms with van der Waals surface area (Å²) in [5.74, 6) is 1.67. The molecule has 0 aromatic heterocycles. The lowest BCUT2D eigenvalue weighted by Crippen LogP contribution is -2.43. The van der Waals surface area contributed by atoms with Crippen molar-refractivity contribution in [3.05, 3.63) is 0 Å². The summed E-state index contributed by atoms with van der Waals surface area (Å²) in [6, 6.07) is 0.721. The smallest absolute Gasteiger partial charge is 0.0469 e. The highest BCUT2D eigenvalue weighted by Crippen LogP contribution is 2.41. The molecule has 126 valence electrons. The highest BCUT2D eigenvalue weighted by Gasteiger charge is 2.35. The first-order valence-electron chi connectivity index (χ1n) is 9.30. The van der Waals surface area contributed by atoms with Crippen LogP contribution in [0, 0.1) is 17.3 Å². The first-order valence-corrected chi connectivity index (χ1v) is 9.30. The third-order valence-corrected chi connectivity index (χ3v) is 5.14. The van der Waals surface area contributed by atoms with Gasteiger partial charge < -0.3 is 10.1 Å². The molecular weight excluding hydrogens is 258 g/mol. The van der Waals surface area contributed by atoms with E-state index in [9.17, 15) is 0 Å². The van der Waals surface area contributed by atoms with Crippen molar-refractivity contribution in [2.24, 2.45) is 17.3 Å². The lowest BCUT2D eigenvalue weighted by Gasteiger charge is -2.42. The van der Waals surface area contributed by atoms with Crippen LogP contribution in [0.3, 0.4) is 0 Å². The molecule has 1 rings (SSSR count). The van der Waals surface area contributed by atoms with Crippen molar-refractivity contribution in [1.29, 1.82) is 0 Å². The molecule has 0 aliphatic heterocycles. The molecule has 2 heteroatoms. The van der Waals surface area contributed by atoms with E-state index in [1.54, 1.807) is 0 Å². The maximum Gasteiger partial charge on any atom is 0.0469 e. The normalized spacial score (nSPS) is 27.0. The monoisotopic (exact) mass is 297 g/mol. The molecule has 0 radical (unpaired) electrons. The van der Waals surface area contributed by atoms with Gasteiger partial charge in [0.25, 0.3) is 0 Å². The number of hydrogen-bond acceptors (Lipinski definition) is 2. The Kier molecular flexibility index (Phi) is 8.89. The molecule has 1 N–H and O–H groups in total. The summed E-state index contributed by atoms with van der Waals surface area (Å²) in [5.41, 5.74) is 0.455. The molecule has 0 aromatic carbocycles. The zero-order valence-corrected chi connectivity index (χ0v) is 15.2. The molecule has 3 atom stereocenters. The third kappa shape index (κ3) is 7.15. The fraction of sp³-hybridized carbons (Fsp3) is 1.00. The molecule has 0 amide bonds. The second kappa shape index (κ2) is 9.84. The lowest BCUT2D eigenvalue weighted by atomic mass is 9.67. The van der Waals surface area contributed by atoms with Gasteiger partial charge in [0.15, 0.2) is 0 Å². The van der Waals surface area contributed by atoms with Crippen LogP contribution < -0.4 is 5.32 Å². The predicted molar refractivity (Wildman–Crippen MR) is 92.7 cm³/mol. The molecule has 21 heavy (non-hydrogen) atoms. The van der Waals surface area contributed by atoms with Gasteiger partial charge in [0.1, 0.15) is 0 Å². The highest BCUT2D eigenvalue weighted by molar-refractivity contribution is 4.88. The molecule has 0 bridgehead atoms. The Morgan fingerprint density at radius 3 is 2.43 bits per heavy atom. The first kappa shape index (κ1) is 19.0. The molecule has 2 nitrogen and oxygen atoms in total. The van der Waals surface area contributed by atoms with Gasteiger partial charge in [-0.25, -0.2) is 0 Å². The molecule has 0 spiro atoms. The van der Waals surface area contributed by atoms with Gasteiger partial charge in [-0.3, -0.25) is 0 Å². The van der Waals surface area contributed by atoms with Crippen molar-refractivity contribution < 1.29 is 4.74 Å². The Bertz CT molecular complexity index is 259. The predicted octanol–water partition coefficient (Wildman–Crippen LogP) is 5.02. The van der Waals surface area contributed by atoms with Crippen molar-refractivity contribution >= 4 is 0 Å². The molecule has 3 unspecified atom stereocenters. The maximum atomic E-state index is 5.82. The third-order valence-electron chi connectivity index (χ3n) is 5.14. The van der Waals surface area contributed by atoms with E-state index in [0.717, 1.165) is 37.6 Å². The quantitative estimate of drug-likeness (QED) is 0.603. The standard InChI is InChI=1S/C19H39NO/c1-6-8-13-21-14-11-16-15-17(19(3,4)5)9-10-18(16)20-12-7-2/h16-18,20H,6-15H2,1-5H3. The average molecular weight is 298 g/mol. The second-order valence-electron chi connectivity index (χ2n) is 7.95. The molecular formula is C19H39NO. The van der Waals surface area contributed by atoms with Crippen LogP contribution in [0.5, 0.6) is 0 Å². The van der Waals surface area contributed by atoms with Crippen molar-refractivity contribution in [2.75, 3.05) is 19.8 Å². The molecule has 0 aromatic rings. The summed E-state index contributed by atoms with van der Waals surface area (Å²) in [4.78, 5) is 0. The molecule has 1 saturated carbocycles. The first-order chi connectivity index (χ1) is 9.99. The minimum Gasteiger partial charge on any atom is -0.381 e. The Morgan fingerprint density at radius 2 is 1.81 bits per heavy atom. The van der Waals surface area contributed by atoms with Crippen LogP contribution in [-0.4, -0.2) is 25.8 Å². The van der Waals surface area contributed by atoms with E-state index in [1.165, 1.54) is 44.9 Å². The van der Waals surface area contributed by atoms with Crippen molar-refractivity contribution in [1.82, 2.24) is 5.32 Å². The van der Waals surface area contributed by atoms with E-state index in [4.69, 9.17) is 4.74 Å². The number of ether oxygens (including phenoxy) is 1. The number of nitrogens with one attached hydrogen (secondary N) is 1. The summed E-state index contributed by atoms with van der Waals surface area (Å²) in [5, 5.41) is 3.79. The molecule has 1 fully saturated rings. The largest absolute Gasteiger partial charge is 0.381 e. The number of rotatable bonds is 9. The van der Waals surface area contributed by atoms with Crippen LogP contribution in [0.1, 0.15) is 79.6 Å². The zero-order valence-electron chi connectivity index (χ0n) is 15.2. The molecule has 0 heterocycles. The molecule has 1 aliphatic rings. The van der Waals surface area contributed by atoms with Gasteiger partial charge in [-0.05, 0) is 62.3 Å². The van der Waals surface area contributed by atoms with Gasteiger partial charge in [0, 0.05) is 19.3 Å². The van der Waals surface area contributed by atoms with E-state index in [1.807, 2.05) is 0 Å². The summed E-state index contributed by atoms with van der Waals surface area (Å²) in [7, 11) is 0. The van der Waals surface area contributed by atoms with Crippen LogP contribution in [-0.2, 0) is 4.74 Å². The van der Waals surface area contributed by atoms with Crippen LogP contribution in [0.15, 0.2) is 0 Å². The van der Waals surface area contributed by atoms with E-state index in [2.05, 4.69) is 39.9 Å². The molecule has 0 saturated heterocycles. The zero-order chi connectivity index (χ0) is 15.7. The summed E-state index contributed by atoms with van der Waals surface area (Å²) >= 11 is 0. The van der Waals surface area contributed by atoms with Crippen LogP contribution >= 0.6 is 0 Å². The van der Waals surface area contributed by atoms with E-state index >= 15 is 0 Å². The highest BCUT2D eigenvalue weighted by atomic mass is 16.5. The minimum atomic E-state index is 0.455. The summed E-state index contributed by atoms with van der Waals surface area (Å²) < 4.78 is 5.82. The van der Waals surface area contributed by atoms with E-state index in [0.29, 0.717) is 5.41 Å². The van der Waals surface area contributed by atoms with Gasteiger partial charge in [0.05, 0.1) is 0 Å². The number of hydrogen-bond donors (Lipinski definition) is 1. The number of unbranched alkanes of at least 4 members (excludes halogenated alkanes) is 1. The Hall–Kier alpha value is -0.0800. The van der Waals surface area contributed by atoms with Gasteiger partial charge in [-0.2, -0.15) is 0 Å². The van der Waals surface area contributed by atoms with Crippen molar-refractivity contribution in [3.63, 3.8) is 0 Å². The Morgan fingerprint density at radius 1 is 1.05 bits per heavy atom. The average Bonchev–Trinajstić information content (AvgIpc) is 2.44. The second-order valence-corrected chi connectivity index (χ2v) is 7.95. The van der Waals surface area contributed by atoms with E-state index in [-0.39, 0.29) is 0 Å². The Labute approximate surface area is 133 Å². The van der Waals surface area contributed by atoms with Gasteiger partial charge >= 0.3 is 0 Å². The maximum absolute atomic E-state index is 5.82. The SMILES string of the molecule is CCCCOCCC1CC(C(C)(C)C)CCC1NCCC. The molecule has 1 aliphatic carbocycles. The van der Waals surface area contributed by atoms with Crippen molar-refractivity contribution in [2.45, 2.75) is 85.6 Å². The van der Waals surface area contributed by atoms with Gasteiger partial charge in [-0.15, -0.1) is 0 Å². The van der Waals surface area contributed by atoms with E-state index < -0.39 is 0 Å². The van der Waals surface area contributed by atoms with Crippen LogP contribution in [0.4, 0.5) is 0 Å². The summed E-state index contributed by atoms with van der Waals surface area (Å²) in [6.07, 6.45) is 9.02. The van der Waals surface area contributed by atoms with Gasteiger partial charge in [0.2, 0.25) is 0 Å². The van der Waals surface area contributed by atoms with Crippen molar-refractivity contribution in [3.8, 4) is 0 Å². The minimum absolute atomic E-state index is 0.455. The fourth-order valence-corrected chi connectivity index (χ4v) is 3.55. The lowest BCUT2D eigenvalue weighted by molar-refractivity contribution is 0.0711. The fourth-order valence-electron chi connectivity index (χ4n) is 3.55. The van der Waals surface area contributed by atoms with Gasteiger partial charge in [-0.1, -0.05) is 41.0 Å². The van der Waals surface area contributed by atoms with Crippen LogP contribution in [0.25, 0.3) is 0 Å². The van der Waals surface area contributed by atoms with Crippen LogP contribution in [0.2, 0.25) is 0 Å².